The van der Waals surface area contributed by atoms with Crippen LogP contribution < -0.4 is 0 Å². The van der Waals surface area contributed by atoms with Gasteiger partial charge < -0.3 is 322 Å². The number of aliphatic hydroxyl groups is 39. The first-order valence-corrected chi connectivity index (χ1v) is 45.7. The molecule has 43 aliphatic rings. The van der Waals surface area contributed by atoms with Crippen molar-refractivity contribution in [3.05, 3.63) is 0 Å². The first-order chi connectivity index (χ1) is 68.1. The molecule has 65 nitrogen and oxygen atoms in total. The van der Waals surface area contributed by atoms with Crippen LogP contribution in [0.5, 0.6) is 0 Å². The molecule has 832 valence electrons. The molecule has 0 amide bonds. The lowest BCUT2D eigenvalue weighted by Crippen LogP contribution is -2.69. The molecule has 43 heterocycles. The van der Waals surface area contributed by atoms with E-state index in [4.69, 9.17) is 123 Å². The van der Waals surface area contributed by atoms with Crippen molar-refractivity contribution in [1.82, 2.24) is 0 Å². The van der Waals surface area contributed by atoms with Crippen molar-refractivity contribution in [2.24, 2.45) is 0 Å². The third kappa shape index (κ3) is 23.4. The smallest absolute Gasteiger partial charge is 0.187 e. The van der Waals surface area contributed by atoms with Crippen LogP contribution in [0.3, 0.4) is 0 Å². The molecule has 43 rings (SSSR count). The van der Waals surface area contributed by atoms with Gasteiger partial charge in [-0.25, -0.2) is 0 Å². The van der Waals surface area contributed by atoms with Crippen molar-refractivity contribution >= 4 is 0 Å². The van der Waals surface area contributed by atoms with Crippen LogP contribution in [-0.4, -0.2) is 684 Å². The number of aliphatic hydroxyl groups excluding tert-OH is 39. The number of rotatable bonds is 13. The summed E-state index contributed by atoms with van der Waals surface area (Å²) in [7, 11) is 0. The van der Waals surface area contributed by atoms with Gasteiger partial charge in [0.15, 0.2) is 81.8 Å². The average Bonchev–Trinajstić information content (AvgIpc) is 0.903. The zero-order valence-corrected chi connectivity index (χ0v) is 74.8. The number of hydrogen-bond donors (Lipinski definition) is 39. The van der Waals surface area contributed by atoms with Crippen LogP contribution in [0.25, 0.3) is 0 Å². The summed E-state index contributed by atoms with van der Waals surface area (Å²) >= 11 is 0. The summed E-state index contributed by atoms with van der Waals surface area (Å²) < 4.78 is 147. The average molecular weight is 2110 g/mol. The lowest BCUT2D eigenvalue weighted by Gasteiger charge is -2.50. The predicted octanol–water partition coefficient (Wildman–Crippen LogP) is -28.3. The topological polar surface area (TPSA) is 1030 Å². The van der Waals surface area contributed by atoms with Crippen LogP contribution in [0.1, 0.15) is 0 Å². The maximum Gasteiger partial charge on any atom is 0.187 e. The van der Waals surface area contributed by atoms with Crippen LogP contribution in [0.4, 0.5) is 0 Å². The van der Waals surface area contributed by atoms with Gasteiger partial charge in [-0.05, 0) is 0 Å². The van der Waals surface area contributed by atoms with E-state index >= 15 is 0 Å². The Hall–Kier alpha value is -2.60. The van der Waals surface area contributed by atoms with E-state index in [1.54, 1.807) is 0 Å². The van der Waals surface area contributed by atoms with Crippen molar-refractivity contribution in [2.45, 2.75) is 399 Å². The molecule has 65 heteroatoms. The highest BCUT2D eigenvalue weighted by Gasteiger charge is 2.65. The largest absolute Gasteiger partial charge is 0.394 e. The molecule has 0 aromatic rings. The summed E-state index contributed by atoms with van der Waals surface area (Å²) in [5, 5.41) is 426. The molecule has 26 bridgehead atoms. The van der Waals surface area contributed by atoms with Crippen molar-refractivity contribution in [3.63, 3.8) is 0 Å². The Morgan fingerprint density at radius 2 is 0.140 bits per heavy atom. The maximum atomic E-state index is 11.3. The van der Waals surface area contributed by atoms with Gasteiger partial charge in [0.05, 0.1) is 85.9 Å². The quantitative estimate of drug-likeness (QED) is 0.0814. The zero-order valence-electron chi connectivity index (χ0n) is 74.8. The molecular formula is C78H130O65. The van der Waals surface area contributed by atoms with E-state index in [0.717, 1.165) is 0 Å². The van der Waals surface area contributed by atoms with Gasteiger partial charge in [0.25, 0.3) is 0 Å². The van der Waals surface area contributed by atoms with Gasteiger partial charge in [0.1, 0.15) is 317 Å². The SMILES string of the molecule is OC[C@H]1OC2O[C@H]3[C@H](O)[C@@H](O)C(O[C@H]4[C@H](O)[C@@H](O)C(O[C@H]5[C@H](O)[C@@H](O)C(O[C@H]6[C@H](O)[C@@H](O)C(O[C@H]7[C@H](O)[C@@H](O)C(O[C@H]1[C@H](O)[C@H]2O)O[C@@H]7CO)O[C@@H]6CO)O[C@@H]5CO)O[C@@H]4CO)O[C@@H]3CO.OC[C@H]1OC2O[C@H]3[C@H](O)[C@@H](O)C(O[C@H]4[C@H](O)[C@@H](O)C(O[C@H]5[C@H](O)[C@@H](O)C(O[C@H]6[C@H](O)[C@@H](O)C(O[C@H]7[C@H](O)[C@@H](O)C(O[C@H]8[C@H](O)[C@@H](O)C(O[C@H]1[C@H](O)[C@H]2O)O[C@@H]8CO)O[C@@H]7CO)O[C@@H]6CO)O[C@@H]5CO)O[C@@H]4CO)O[C@@H]3CO. The van der Waals surface area contributed by atoms with Crippen LogP contribution in [-0.2, 0) is 123 Å². The van der Waals surface area contributed by atoms with Crippen molar-refractivity contribution in [2.75, 3.05) is 85.9 Å². The van der Waals surface area contributed by atoms with Crippen LogP contribution in [0.15, 0.2) is 0 Å². The van der Waals surface area contributed by atoms with Crippen molar-refractivity contribution in [1.29, 1.82) is 0 Å². The first kappa shape index (κ1) is 116. The lowest BCUT2D eigenvalue weighted by atomic mass is 9.94. The van der Waals surface area contributed by atoms with Crippen LogP contribution >= 0.6 is 0 Å². The van der Waals surface area contributed by atoms with Crippen LogP contribution in [0, 0.1) is 0 Å². The van der Waals surface area contributed by atoms with Gasteiger partial charge >= 0.3 is 0 Å². The standard InChI is InChI=1S/C42H70O35.C36H60O30/c43-1-8-29-15(50)22(57)36(64-8)72-30-9(2-44)66-38(24(59)17(30)52)74-32-11(4-46)68-40(26(61)19(32)54)76-34-13(6-48)70-42(28(63)21(34)56)77-35-14(7-49)69-41(27(62)20(35)55)75-33-12(5-47)67-39(25(60)18(33)53)73-31-10(3-45)65-37(71-29)23(58)16(31)51;37-1-7-25-13(43)19(49)31(55-7)62-26-8(2-38)57-33(21(51)15(26)45)64-28-10(4-40)59-35(23(53)17(28)47)66-30-12(6-42)60-36(24(54)18(30)48)65-29-11(5-41)58-34(22(52)16(29)46)63-27-9(3-39)56-32(61-25)20(50)14(27)44/h8-63H,1-7H2;7-54H,1-6H2/t8-,9-,10-,11-,12-,13-,14-,15-,16-,17-,18-,19-,20-,21-,22-,23-,24-,25-,26-,27-,28-,29-,30-,31-,32-,33-,34-,35-,36?,37?,38?,39?,40?,41?,42?;7-,8-,9-,10-,11-,12-,13-,14-,15-,16-,17-,18-,19-,20-,21-,22-,23-,24-,25-,26-,27-,28-,29-,30-,31?,32?,33?,34?,35?,36?/m11/s1. The molecule has 0 aromatic carbocycles. The Morgan fingerprint density at radius 1 is 0.0839 bits per heavy atom. The van der Waals surface area contributed by atoms with E-state index in [9.17, 15) is 199 Å². The van der Waals surface area contributed by atoms with Crippen molar-refractivity contribution in [3.8, 4) is 0 Å². The van der Waals surface area contributed by atoms with Gasteiger partial charge in [-0.15, -0.1) is 0 Å². The molecule has 39 N–H and O–H groups in total. The summed E-state index contributed by atoms with van der Waals surface area (Å²) in [4.78, 5) is 0. The molecule has 0 radical (unpaired) electrons. The molecule has 43 fully saturated rings. The van der Waals surface area contributed by atoms with Gasteiger partial charge in [-0.3, -0.25) is 0 Å². The fourth-order valence-electron chi connectivity index (χ4n) is 19.3. The minimum Gasteiger partial charge on any atom is -0.394 e. The Labute approximate surface area is 805 Å². The minimum atomic E-state index is -2.21. The fraction of sp³-hybridized carbons (Fsp3) is 1.00. The molecule has 0 spiro atoms. The number of ether oxygens (including phenoxy) is 26. The van der Waals surface area contributed by atoms with E-state index in [0.29, 0.717) is 0 Å². The van der Waals surface area contributed by atoms with Gasteiger partial charge in [-0.1, -0.05) is 0 Å². The first-order valence-electron chi connectivity index (χ1n) is 45.7. The van der Waals surface area contributed by atoms with Gasteiger partial charge in [-0.2, -0.15) is 0 Å². The Kier molecular flexibility index (Phi) is 40.4. The highest BCUT2D eigenvalue weighted by atomic mass is 16.8. The lowest BCUT2D eigenvalue weighted by molar-refractivity contribution is -0.404. The molecule has 0 aliphatic carbocycles. The predicted molar refractivity (Wildman–Crippen MR) is 424 cm³/mol. The molecule has 0 aromatic heterocycles. The van der Waals surface area contributed by atoms with Gasteiger partial charge in [0, 0.05) is 0 Å². The Balaban J connectivity index is 0.000000230. The van der Waals surface area contributed by atoms with E-state index in [-0.39, 0.29) is 0 Å². The molecule has 43 aliphatic heterocycles. The highest BCUT2D eigenvalue weighted by Crippen LogP contribution is 2.44. The Morgan fingerprint density at radius 3 is 0.189 bits per heavy atom. The number of hydrogen-bond acceptors (Lipinski definition) is 65. The molecule has 143 heavy (non-hydrogen) atoms. The molecule has 13 unspecified atom stereocenters. The zero-order chi connectivity index (χ0) is 104. The summed E-state index contributed by atoms with van der Waals surface area (Å²) in [5.41, 5.74) is 0. The van der Waals surface area contributed by atoms with E-state index in [1.807, 2.05) is 0 Å². The molecule has 43 saturated heterocycles. The second kappa shape index (κ2) is 49.9. The van der Waals surface area contributed by atoms with E-state index in [1.165, 1.54) is 0 Å². The van der Waals surface area contributed by atoms with E-state index < -0.39 is 485 Å². The third-order valence-corrected chi connectivity index (χ3v) is 27.5. The second-order valence-electron chi connectivity index (χ2n) is 36.5. The van der Waals surface area contributed by atoms with Crippen molar-refractivity contribution < 1.29 is 322 Å². The molecular weight excluding hydrogens is 1980 g/mol. The van der Waals surface area contributed by atoms with Gasteiger partial charge in [0.2, 0.25) is 0 Å². The monoisotopic (exact) mass is 2110 g/mol. The Bertz CT molecular complexity index is 3170. The van der Waals surface area contributed by atoms with Crippen LogP contribution in [0.2, 0.25) is 0 Å². The molecule has 65 atom stereocenters. The third-order valence-electron chi connectivity index (χ3n) is 27.5. The fourth-order valence-corrected chi connectivity index (χ4v) is 19.3. The minimum absolute atomic E-state index is 0.999. The summed E-state index contributed by atoms with van der Waals surface area (Å²) in [6, 6.07) is 0. The molecule has 0 saturated carbocycles. The summed E-state index contributed by atoms with van der Waals surface area (Å²) in [6.45, 7) is -13.3. The highest BCUT2D eigenvalue weighted by molar-refractivity contribution is 5.07. The maximum absolute atomic E-state index is 11.3. The van der Waals surface area contributed by atoms with E-state index in [2.05, 4.69) is 0 Å². The second-order valence-corrected chi connectivity index (χ2v) is 36.5. The summed E-state index contributed by atoms with van der Waals surface area (Å²) in [6.07, 6.45) is -129. The summed E-state index contributed by atoms with van der Waals surface area (Å²) in [5.74, 6) is 0. The normalized spacial score (nSPS) is 55.4.